The van der Waals surface area contributed by atoms with Gasteiger partial charge < -0.3 is 5.73 Å². The lowest BCUT2D eigenvalue weighted by atomic mass is 9.83. The minimum Gasteiger partial charge on any atom is -0.328 e. The predicted molar refractivity (Wildman–Crippen MR) is 53.5 cm³/mol. The highest BCUT2D eigenvalue weighted by atomic mass is 32.1. The summed E-state index contributed by atoms with van der Waals surface area (Å²) in [6.07, 6.45) is 5.06. The summed E-state index contributed by atoms with van der Waals surface area (Å²) in [5, 5.41) is 4.43. The molecule has 0 bridgehead atoms. The minimum absolute atomic E-state index is 0.448. The molecule has 0 radical (unpaired) electrons. The molecule has 1 aliphatic rings. The molecular weight excluding hydrogens is 166 g/mol. The quantitative estimate of drug-likeness (QED) is 0.708. The monoisotopic (exact) mass is 181 g/mol. The number of thiophene rings is 1. The van der Waals surface area contributed by atoms with E-state index in [9.17, 15) is 0 Å². The Bertz CT molecular complexity index is 230. The second-order valence-electron chi connectivity index (χ2n) is 3.68. The standard InChI is InChI=1S/C10H15NS/c11-10-3-1-2-8(6-10)9-4-5-12-7-9/h4-5,7-8,10H,1-3,6,11H2. The average molecular weight is 181 g/mol. The fraction of sp³-hybridized carbons (Fsp3) is 0.600. The first-order valence-electron chi connectivity index (χ1n) is 4.64. The third-order valence-electron chi connectivity index (χ3n) is 2.73. The molecule has 0 spiro atoms. The van der Waals surface area contributed by atoms with Gasteiger partial charge in [0.25, 0.3) is 0 Å². The van der Waals surface area contributed by atoms with Crippen LogP contribution in [0.3, 0.4) is 0 Å². The van der Waals surface area contributed by atoms with Crippen molar-refractivity contribution < 1.29 is 0 Å². The van der Waals surface area contributed by atoms with E-state index < -0.39 is 0 Å². The maximum Gasteiger partial charge on any atom is 0.00446 e. The molecule has 66 valence electrons. The van der Waals surface area contributed by atoms with Crippen LogP contribution < -0.4 is 5.73 Å². The predicted octanol–water partition coefficient (Wildman–Crippen LogP) is 2.73. The van der Waals surface area contributed by atoms with Gasteiger partial charge in [-0.25, -0.2) is 0 Å². The molecule has 2 unspecified atom stereocenters. The molecule has 0 aliphatic heterocycles. The van der Waals surface area contributed by atoms with E-state index in [1.807, 2.05) is 0 Å². The molecule has 2 rings (SSSR count). The molecule has 0 amide bonds. The van der Waals surface area contributed by atoms with E-state index in [2.05, 4.69) is 16.8 Å². The molecule has 2 atom stereocenters. The maximum absolute atomic E-state index is 5.93. The van der Waals surface area contributed by atoms with Gasteiger partial charge in [0.05, 0.1) is 0 Å². The zero-order chi connectivity index (χ0) is 8.39. The van der Waals surface area contributed by atoms with Gasteiger partial charge >= 0.3 is 0 Å². The van der Waals surface area contributed by atoms with E-state index in [1.54, 1.807) is 11.3 Å². The first-order chi connectivity index (χ1) is 5.86. The molecule has 1 saturated carbocycles. The first kappa shape index (κ1) is 8.27. The summed E-state index contributed by atoms with van der Waals surface area (Å²) in [6, 6.07) is 2.69. The topological polar surface area (TPSA) is 26.0 Å². The lowest BCUT2D eigenvalue weighted by Gasteiger charge is -2.25. The van der Waals surface area contributed by atoms with E-state index in [4.69, 9.17) is 5.73 Å². The minimum atomic E-state index is 0.448. The Labute approximate surface area is 77.6 Å². The van der Waals surface area contributed by atoms with Crippen molar-refractivity contribution in [3.05, 3.63) is 22.4 Å². The molecule has 0 aromatic carbocycles. The van der Waals surface area contributed by atoms with Crippen LogP contribution in [-0.2, 0) is 0 Å². The average Bonchev–Trinajstić information content (AvgIpc) is 2.56. The van der Waals surface area contributed by atoms with Gasteiger partial charge in [0.2, 0.25) is 0 Å². The summed E-state index contributed by atoms with van der Waals surface area (Å²) in [6.45, 7) is 0. The molecule has 1 heterocycles. The van der Waals surface area contributed by atoms with Crippen molar-refractivity contribution in [1.82, 2.24) is 0 Å². The summed E-state index contributed by atoms with van der Waals surface area (Å²) in [5.41, 5.74) is 7.44. The van der Waals surface area contributed by atoms with Gasteiger partial charge in [-0.05, 0) is 47.6 Å². The Balaban J connectivity index is 2.04. The number of rotatable bonds is 1. The normalized spacial score (nSPS) is 30.4. The Morgan fingerprint density at radius 3 is 3.00 bits per heavy atom. The molecule has 1 aromatic heterocycles. The summed E-state index contributed by atoms with van der Waals surface area (Å²) >= 11 is 1.79. The Morgan fingerprint density at radius 1 is 1.42 bits per heavy atom. The molecule has 0 saturated heterocycles. The smallest absolute Gasteiger partial charge is 0.00446 e. The second-order valence-corrected chi connectivity index (χ2v) is 4.46. The lowest BCUT2D eigenvalue weighted by Crippen LogP contribution is -2.26. The van der Waals surface area contributed by atoms with E-state index >= 15 is 0 Å². The highest BCUT2D eigenvalue weighted by molar-refractivity contribution is 7.07. The molecule has 1 fully saturated rings. The summed E-state index contributed by atoms with van der Waals surface area (Å²) < 4.78 is 0. The Morgan fingerprint density at radius 2 is 2.33 bits per heavy atom. The van der Waals surface area contributed by atoms with Crippen molar-refractivity contribution in [1.29, 1.82) is 0 Å². The van der Waals surface area contributed by atoms with Gasteiger partial charge in [-0.2, -0.15) is 11.3 Å². The van der Waals surface area contributed by atoms with E-state index in [1.165, 1.54) is 31.2 Å². The Kier molecular flexibility index (Phi) is 2.47. The molecule has 1 nitrogen and oxygen atoms in total. The van der Waals surface area contributed by atoms with E-state index in [0.29, 0.717) is 6.04 Å². The van der Waals surface area contributed by atoms with Gasteiger partial charge in [0.1, 0.15) is 0 Å². The third kappa shape index (κ3) is 1.70. The summed E-state index contributed by atoms with van der Waals surface area (Å²) in [7, 11) is 0. The SMILES string of the molecule is NC1CCCC(c2ccsc2)C1. The van der Waals surface area contributed by atoms with Gasteiger partial charge in [0.15, 0.2) is 0 Å². The van der Waals surface area contributed by atoms with Crippen LogP contribution in [0.1, 0.15) is 37.2 Å². The van der Waals surface area contributed by atoms with Gasteiger partial charge in [-0.15, -0.1) is 0 Å². The van der Waals surface area contributed by atoms with Crippen LogP contribution in [0, 0.1) is 0 Å². The largest absolute Gasteiger partial charge is 0.328 e. The van der Waals surface area contributed by atoms with Crippen molar-refractivity contribution in [2.75, 3.05) is 0 Å². The number of hydrogen-bond donors (Lipinski definition) is 1. The number of hydrogen-bond acceptors (Lipinski definition) is 2. The molecule has 12 heavy (non-hydrogen) atoms. The van der Waals surface area contributed by atoms with Crippen LogP contribution in [-0.4, -0.2) is 6.04 Å². The zero-order valence-electron chi connectivity index (χ0n) is 7.20. The van der Waals surface area contributed by atoms with Crippen LogP contribution >= 0.6 is 11.3 Å². The zero-order valence-corrected chi connectivity index (χ0v) is 8.02. The van der Waals surface area contributed by atoms with Crippen LogP contribution in [0.4, 0.5) is 0 Å². The number of nitrogens with two attached hydrogens (primary N) is 1. The summed E-state index contributed by atoms with van der Waals surface area (Å²) in [4.78, 5) is 0. The lowest BCUT2D eigenvalue weighted by molar-refractivity contribution is 0.394. The van der Waals surface area contributed by atoms with Crippen molar-refractivity contribution >= 4 is 11.3 Å². The summed E-state index contributed by atoms with van der Waals surface area (Å²) in [5.74, 6) is 0.750. The van der Waals surface area contributed by atoms with E-state index in [0.717, 1.165) is 5.92 Å². The molecule has 2 N–H and O–H groups in total. The van der Waals surface area contributed by atoms with Crippen molar-refractivity contribution in [2.24, 2.45) is 5.73 Å². The maximum atomic E-state index is 5.93. The first-order valence-corrected chi connectivity index (χ1v) is 5.58. The molecule has 2 heteroatoms. The van der Waals surface area contributed by atoms with E-state index in [-0.39, 0.29) is 0 Å². The van der Waals surface area contributed by atoms with Gasteiger partial charge in [-0.3, -0.25) is 0 Å². The highest BCUT2D eigenvalue weighted by Crippen LogP contribution is 2.32. The third-order valence-corrected chi connectivity index (χ3v) is 3.43. The van der Waals surface area contributed by atoms with Gasteiger partial charge in [0, 0.05) is 6.04 Å². The molecular formula is C10H15NS. The Hall–Kier alpha value is -0.340. The fourth-order valence-electron chi connectivity index (χ4n) is 2.04. The van der Waals surface area contributed by atoms with Crippen molar-refractivity contribution in [3.63, 3.8) is 0 Å². The van der Waals surface area contributed by atoms with Crippen LogP contribution in [0.5, 0.6) is 0 Å². The van der Waals surface area contributed by atoms with Crippen molar-refractivity contribution in [2.45, 2.75) is 37.6 Å². The highest BCUT2D eigenvalue weighted by Gasteiger charge is 2.20. The second kappa shape index (κ2) is 3.58. The van der Waals surface area contributed by atoms with Crippen LogP contribution in [0.25, 0.3) is 0 Å². The van der Waals surface area contributed by atoms with Crippen LogP contribution in [0.15, 0.2) is 16.8 Å². The van der Waals surface area contributed by atoms with Crippen LogP contribution in [0.2, 0.25) is 0 Å². The molecule has 1 aromatic rings. The van der Waals surface area contributed by atoms with Crippen molar-refractivity contribution in [3.8, 4) is 0 Å². The fourth-order valence-corrected chi connectivity index (χ4v) is 2.78. The molecule has 1 aliphatic carbocycles. The van der Waals surface area contributed by atoms with Gasteiger partial charge in [-0.1, -0.05) is 6.42 Å².